The van der Waals surface area contributed by atoms with E-state index >= 15 is 0 Å². The van der Waals surface area contributed by atoms with Crippen molar-refractivity contribution in [2.24, 2.45) is 0 Å². The largest absolute Gasteiger partial charge is 0.459 e. The van der Waals surface area contributed by atoms with E-state index < -0.39 is 23.3 Å². The molecular weight excluding hydrogens is 274 g/mol. The Hall–Kier alpha value is -1.59. The van der Waals surface area contributed by atoms with Gasteiger partial charge in [-0.15, -0.1) is 0 Å². The molecule has 0 aromatic rings. The summed E-state index contributed by atoms with van der Waals surface area (Å²) in [5, 5.41) is 0. The van der Waals surface area contributed by atoms with Crippen LogP contribution < -0.4 is 0 Å². The lowest BCUT2D eigenvalue weighted by Crippen LogP contribution is -2.42. The highest BCUT2D eigenvalue weighted by Crippen LogP contribution is 2.12. The van der Waals surface area contributed by atoms with Crippen molar-refractivity contribution in [3.8, 4) is 0 Å². The normalized spacial score (nSPS) is 11.7. The number of unbranched alkanes of at least 4 members (excludes halogenated alkanes) is 1. The van der Waals surface area contributed by atoms with Crippen molar-refractivity contribution in [3.63, 3.8) is 0 Å². The van der Waals surface area contributed by atoms with Crippen LogP contribution in [0.15, 0.2) is 0 Å². The van der Waals surface area contributed by atoms with Gasteiger partial charge in [-0.05, 0) is 48.0 Å². The Morgan fingerprint density at radius 1 is 1.00 bits per heavy atom. The monoisotopic (exact) mass is 301 g/mol. The van der Waals surface area contributed by atoms with Crippen molar-refractivity contribution in [2.75, 3.05) is 13.1 Å². The van der Waals surface area contributed by atoms with E-state index in [4.69, 9.17) is 9.47 Å². The van der Waals surface area contributed by atoms with E-state index in [-0.39, 0.29) is 13.1 Å². The zero-order chi connectivity index (χ0) is 16.7. The fourth-order valence-corrected chi connectivity index (χ4v) is 1.46. The molecule has 0 atom stereocenters. The molecule has 0 saturated heterocycles. The third-order valence-electron chi connectivity index (χ3n) is 2.14. The highest BCUT2D eigenvalue weighted by Gasteiger charge is 2.25. The summed E-state index contributed by atoms with van der Waals surface area (Å²) in [5.74, 6) is -0.500. The van der Waals surface area contributed by atoms with Crippen LogP contribution >= 0.6 is 0 Å². The molecule has 0 radical (unpaired) electrons. The lowest BCUT2D eigenvalue weighted by atomic mass is 10.2. The number of esters is 1. The predicted octanol–water partition coefficient (Wildman–Crippen LogP) is 2.54. The molecule has 0 spiro atoms. The molecule has 0 aliphatic rings. The minimum absolute atomic E-state index is 0.189. The molecule has 0 aliphatic carbocycles. The summed E-state index contributed by atoms with van der Waals surface area (Å²) in [7, 11) is 0. The Balaban J connectivity index is 4.69. The van der Waals surface area contributed by atoms with E-state index in [0.29, 0.717) is 12.8 Å². The number of carbonyl (C=O) groups excluding carboxylic acids is 3. The van der Waals surface area contributed by atoms with Crippen molar-refractivity contribution < 1.29 is 23.9 Å². The summed E-state index contributed by atoms with van der Waals surface area (Å²) in [4.78, 5) is 35.5. The SMILES string of the molecule is CC(C)(C)OC(=O)CN(CCCC=O)C(=O)OC(C)(C)C. The van der Waals surface area contributed by atoms with Crippen molar-refractivity contribution in [2.45, 2.75) is 65.6 Å². The van der Waals surface area contributed by atoms with E-state index in [9.17, 15) is 14.4 Å². The molecule has 1 amide bonds. The number of aldehydes is 1. The maximum atomic E-state index is 12.1. The first-order valence-corrected chi connectivity index (χ1v) is 7.08. The van der Waals surface area contributed by atoms with Gasteiger partial charge in [0.05, 0.1) is 0 Å². The molecule has 0 bridgehead atoms. The maximum absolute atomic E-state index is 12.1. The average molecular weight is 301 g/mol. The van der Waals surface area contributed by atoms with Crippen LogP contribution in [-0.2, 0) is 19.1 Å². The molecule has 0 saturated carbocycles. The molecule has 21 heavy (non-hydrogen) atoms. The summed E-state index contributed by atoms with van der Waals surface area (Å²) >= 11 is 0. The molecule has 0 aromatic carbocycles. The van der Waals surface area contributed by atoms with Crippen molar-refractivity contribution >= 4 is 18.3 Å². The average Bonchev–Trinajstić information content (AvgIpc) is 2.22. The Kier molecular flexibility index (Phi) is 7.39. The summed E-state index contributed by atoms with van der Waals surface area (Å²) in [6.07, 6.45) is 0.999. The lowest BCUT2D eigenvalue weighted by Gasteiger charge is -2.28. The van der Waals surface area contributed by atoms with Gasteiger partial charge in [0.25, 0.3) is 0 Å². The smallest absolute Gasteiger partial charge is 0.410 e. The molecule has 0 fully saturated rings. The molecule has 0 aliphatic heterocycles. The van der Waals surface area contributed by atoms with Crippen LogP contribution in [0.1, 0.15) is 54.4 Å². The van der Waals surface area contributed by atoms with Crippen LogP contribution in [-0.4, -0.2) is 47.5 Å². The standard InChI is InChI=1S/C15H27NO5/c1-14(2,3)20-12(18)11-16(9-7-8-10-17)13(19)21-15(4,5)6/h10H,7-9,11H2,1-6H3. The quantitative estimate of drug-likeness (QED) is 0.428. The second kappa shape index (κ2) is 8.00. The minimum Gasteiger partial charge on any atom is -0.459 e. The van der Waals surface area contributed by atoms with Crippen LogP contribution in [0.2, 0.25) is 0 Å². The third-order valence-corrected chi connectivity index (χ3v) is 2.14. The van der Waals surface area contributed by atoms with E-state index in [1.54, 1.807) is 41.5 Å². The van der Waals surface area contributed by atoms with Crippen LogP contribution in [0.25, 0.3) is 0 Å². The first kappa shape index (κ1) is 19.4. The van der Waals surface area contributed by atoms with Gasteiger partial charge in [0.2, 0.25) is 0 Å². The van der Waals surface area contributed by atoms with E-state index in [2.05, 4.69) is 0 Å². The van der Waals surface area contributed by atoms with Crippen LogP contribution in [0.4, 0.5) is 4.79 Å². The van der Waals surface area contributed by atoms with Crippen molar-refractivity contribution in [3.05, 3.63) is 0 Å². The van der Waals surface area contributed by atoms with Gasteiger partial charge in [-0.2, -0.15) is 0 Å². The minimum atomic E-state index is -0.645. The molecule has 6 nitrogen and oxygen atoms in total. The zero-order valence-electron chi connectivity index (χ0n) is 13.9. The van der Waals surface area contributed by atoms with Crippen LogP contribution in [0, 0.1) is 0 Å². The number of hydrogen-bond donors (Lipinski definition) is 0. The molecule has 6 heteroatoms. The highest BCUT2D eigenvalue weighted by molar-refractivity contribution is 5.78. The molecule has 0 heterocycles. The second-order valence-corrected chi connectivity index (χ2v) is 6.80. The first-order chi connectivity index (χ1) is 9.44. The Labute approximate surface area is 126 Å². The zero-order valence-corrected chi connectivity index (χ0v) is 13.9. The van der Waals surface area contributed by atoms with E-state index in [1.807, 2.05) is 0 Å². The number of ether oxygens (including phenoxy) is 2. The Morgan fingerprint density at radius 2 is 1.52 bits per heavy atom. The number of carbonyl (C=O) groups is 3. The maximum Gasteiger partial charge on any atom is 0.410 e. The number of amides is 1. The summed E-state index contributed by atoms with van der Waals surface area (Å²) in [6.45, 7) is 10.6. The summed E-state index contributed by atoms with van der Waals surface area (Å²) in [5.41, 5.74) is -1.26. The fraction of sp³-hybridized carbons (Fsp3) is 0.800. The predicted molar refractivity (Wildman–Crippen MR) is 79.0 cm³/mol. The number of nitrogens with zero attached hydrogens (tertiary/aromatic N) is 1. The van der Waals surface area contributed by atoms with Crippen LogP contribution in [0.3, 0.4) is 0 Å². The molecule has 0 unspecified atom stereocenters. The molecular formula is C15H27NO5. The first-order valence-electron chi connectivity index (χ1n) is 7.08. The van der Waals surface area contributed by atoms with Gasteiger partial charge < -0.3 is 14.3 Å². The molecule has 0 N–H and O–H groups in total. The van der Waals surface area contributed by atoms with Gasteiger partial charge in [0.1, 0.15) is 24.0 Å². The Bertz CT molecular complexity index is 365. The van der Waals surface area contributed by atoms with Gasteiger partial charge in [-0.3, -0.25) is 9.69 Å². The van der Waals surface area contributed by atoms with Gasteiger partial charge in [0, 0.05) is 13.0 Å². The van der Waals surface area contributed by atoms with Gasteiger partial charge in [-0.25, -0.2) is 4.79 Å². The fourth-order valence-electron chi connectivity index (χ4n) is 1.46. The lowest BCUT2D eigenvalue weighted by molar-refractivity contribution is -0.156. The van der Waals surface area contributed by atoms with Crippen molar-refractivity contribution in [1.29, 1.82) is 0 Å². The van der Waals surface area contributed by atoms with E-state index in [1.165, 1.54) is 4.90 Å². The summed E-state index contributed by atoms with van der Waals surface area (Å²) in [6, 6.07) is 0. The van der Waals surface area contributed by atoms with Gasteiger partial charge in [0.15, 0.2) is 0 Å². The third kappa shape index (κ3) is 10.8. The number of rotatable bonds is 6. The van der Waals surface area contributed by atoms with Crippen LogP contribution in [0.5, 0.6) is 0 Å². The topological polar surface area (TPSA) is 72.9 Å². The highest BCUT2D eigenvalue weighted by atomic mass is 16.6. The van der Waals surface area contributed by atoms with Gasteiger partial charge >= 0.3 is 12.1 Å². The number of hydrogen-bond acceptors (Lipinski definition) is 5. The van der Waals surface area contributed by atoms with E-state index in [0.717, 1.165) is 6.29 Å². The van der Waals surface area contributed by atoms with Crippen molar-refractivity contribution in [1.82, 2.24) is 4.90 Å². The second-order valence-electron chi connectivity index (χ2n) is 6.80. The Morgan fingerprint density at radius 3 is 1.95 bits per heavy atom. The van der Waals surface area contributed by atoms with Gasteiger partial charge in [-0.1, -0.05) is 0 Å². The molecule has 0 aromatic heterocycles. The molecule has 0 rings (SSSR count). The summed E-state index contributed by atoms with van der Waals surface area (Å²) < 4.78 is 10.4. The molecule has 122 valence electrons.